The molecule has 1 aliphatic rings. The molecule has 1 fully saturated rings. The summed E-state index contributed by atoms with van der Waals surface area (Å²) in [4.78, 5) is 4.10. The molecule has 4 rings (SSSR count). The molecule has 2 unspecified atom stereocenters. The van der Waals surface area contributed by atoms with Gasteiger partial charge in [0.05, 0.1) is 32.7 Å². The first-order valence-electron chi connectivity index (χ1n) is 10.0. The van der Waals surface area contributed by atoms with Crippen LogP contribution in [-0.2, 0) is 33.8 Å². The molecule has 5 nitrogen and oxygen atoms in total. The van der Waals surface area contributed by atoms with Crippen molar-refractivity contribution >= 4 is 23.2 Å². The maximum absolute atomic E-state index is 13.2. The molecule has 1 saturated heterocycles. The average Bonchev–Trinajstić information content (AvgIpc) is 3.41. The predicted octanol–water partition coefficient (Wildman–Crippen LogP) is 5.29. The van der Waals surface area contributed by atoms with Gasteiger partial charge in [0.15, 0.2) is 5.79 Å². The van der Waals surface area contributed by atoms with Crippen molar-refractivity contribution in [3.8, 4) is 0 Å². The molecule has 8 heteroatoms. The maximum Gasteiger partial charge on any atom is 0.187 e. The highest BCUT2D eigenvalue weighted by Gasteiger charge is 2.41. The molecule has 1 aromatic heterocycles. The molecule has 0 spiro atoms. The van der Waals surface area contributed by atoms with E-state index in [9.17, 15) is 4.39 Å². The summed E-state index contributed by atoms with van der Waals surface area (Å²) in [5, 5.41) is 1.23. The Morgan fingerprint density at radius 3 is 2.81 bits per heavy atom. The minimum Gasteiger partial charge on any atom is -0.374 e. The van der Waals surface area contributed by atoms with E-state index >= 15 is 0 Å². The standard InChI is InChI=1S/C23H23Cl2FN2O3/c24-19-3-6-22(25)18(11-19)12-29-13-21-14-30-23(31-21,15-28-10-9-27-16-28)8-7-17-1-4-20(26)5-2-17/h1-6,9-11,16,21H,7-8,12-15H2. The molecule has 0 aliphatic carbocycles. The smallest absolute Gasteiger partial charge is 0.187 e. The van der Waals surface area contributed by atoms with Crippen LogP contribution in [0, 0.1) is 5.82 Å². The van der Waals surface area contributed by atoms with Crippen LogP contribution in [-0.4, -0.2) is 34.7 Å². The first-order chi connectivity index (χ1) is 15.0. The van der Waals surface area contributed by atoms with E-state index in [2.05, 4.69) is 4.98 Å². The Hall–Kier alpha value is -1.96. The Labute approximate surface area is 190 Å². The van der Waals surface area contributed by atoms with Crippen molar-refractivity contribution in [1.29, 1.82) is 0 Å². The SMILES string of the molecule is Fc1ccc(CCC2(Cn3ccnc3)OCC(COCc3cc(Cl)ccc3Cl)O2)cc1. The van der Waals surface area contributed by atoms with Crippen LogP contribution in [0.15, 0.2) is 61.2 Å². The van der Waals surface area contributed by atoms with Crippen LogP contribution >= 0.6 is 23.2 Å². The molecule has 31 heavy (non-hydrogen) atoms. The topological polar surface area (TPSA) is 45.5 Å². The zero-order chi connectivity index (χ0) is 21.7. The van der Waals surface area contributed by atoms with Crippen LogP contribution in [0.4, 0.5) is 4.39 Å². The van der Waals surface area contributed by atoms with Crippen LogP contribution in [0.3, 0.4) is 0 Å². The molecular weight excluding hydrogens is 442 g/mol. The van der Waals surface area contributed by atoms with Gasteiger partial charge in [-0.1, -0.05) is 35.3 Å². The molecule has 164 valence electrons. The fourth-order valence-corrected chi connectivity index (χ4v) is 3.96. The zero-order valence-electron chi connectivity index (χ0n) is 16.8. The van der Waals surface area contributed by atoms with Crippen molar-refractivity contribution in [2.45, 2.75) is 37.9 Å². The van der Waals surface area contributed by atoms with E-state index < -0.39 is 5.79 Å². The first kappa shape index (κ1) is 22.2. The molecule has 3 aromatic rings. The third-order valence-corrected chi connectivity index (χ3v) is 5.78. The molecule has 2 heterocycles. The van der Waals surface area contributed by atoms with Gasteiger partial charge >= 0.3 is 0 Å². The Bertz CT molecular complexity index is 985. The maximum atomic E-state index is 13.2. The van der Waals surface area contributed by atoms with E-state index in [0.717, 1.165) is 11.1 Å². The first-order valence-corrected chi connectivity index (χ1v) is 10.8. The van der Waals surface area contributed by atoms with Crippen LogP contribution < -0.4 is 0 Å². The summed E-state index contributed by atoms with van der Waals surface area (Å²) in [7, 11) is 0. The lowest BCUT2D eigenvalue weighted by molar-refractivity contribution is -0.187. The Balaban J connectivity index is 1.36. The van der Waals surface area contributed by atoms with E-state index in [1.165, 1.54) is 12.1 Å². The number of aryl methyl sites for hydroxylation is 1. The molecule has 1 aliphatic heterocycles. The van der Waals surface area contributed by atoms with Gasteiger partial charge in [0.1, 0.15) is 11.9 Å². The Morgan fingerprint density at radius 1 is 1.19 bits per heavy atom. The predicted molar refractivity (Wildman–Crippen MR) is 117 cm³/mol. The number of imidazole rings is 1. The molecular formula is C23H23Cl2FN2O3. The van der Waals surface area contributed by atoms with Crippen molar-refractivity contribution in [2.24, 2.45) is 0 Å². The lowest BCUT2D eigenvalue weighted by Gasteiger charge is -2.28. The molecule has 2 aromatic carbocycles. The van der Waals surface area contributed by atoms with Gasteiger partial charge in [-0.05, 0) is 47.9 Å². The van der Waals surface area contributed by atoms with Crippen molar-refractivity contribution in [3.05, 3.63) is 88.2 Å². The fourth-order valence-electron chi connectivity index (χ4n) is 3.59. The molecule has 2 atom stereocenters. The quantitative estimate of drug-likeness (QED) is 0.431. The second-order valence-electron chi connectivity index (χ2n) is 7.57. The van der Waals surface area contributed by atoms with Crippen LogP contribution in [0.5, 0.6) is 0 Å². The van der Waals surface area contributed by atoms with E-state index in [4.69, 9.17) is 37.4 Å². The van der Waals surface area contributed by atoms with Crippen LogP contribution in [0.2, 0.25) is 10.0 Å². The molecule has 0 bridgehead atoms. The lowest BCUT2D eigenvalue weighted by Crippen LogP contribution is -2.37. The average molecular weight is 465 g/mol. The van der Waals surface area contributed by atoms with E-state index in [1.807, 2.05) is 10.8 Å². The number of hydrogen-bond acceptors (Lipinski definition) is 4. The monoisotopic (exact) mass is 464 g/mol. The summed E-state index contributed by atoms with van der Waals surface area (Å²) >= 11 is 12.2. The van der Waals surface area contributed by atoms with Gasteiger partial charge in [-0.2, -0.15) is 0 Å². The second-order valence-corrected chi connectivity index (χ2v) is 8.42. The molecule has 0 amide bonds. The van der Waals surface area contributed by atoms with Gasteiger partial charge in [-0.15, -0.1) is 0 Å². The minimum atomic E-state index is -0.809. The zero-order valence-corrected chi connectivity index (χ0v) is 18.4. The highest BCUT2D eigenvalue weighted by atomic mass is 35.5. The number of rotatable bonds is 9. The fraction of sp³-hybridized carbons (Fsp3) is 0.348. The van der Waals surface area contributed by atoms with Crippen LogP contribution in [0.25, 0.3) is 0 Å². The Morgan fingerprint density at radius 2 is 2.03 bits per heavy atom. The summed E-state index contributed by atoms with van der Waals surface area (Å²) in [6.45, 7) is 1.63. The summed E-state index contributed by atoms with van der Waals surface area (Å²) in [6, 6.07) is 11.8. The van der Waals surface area contributed by atoms with Crippen molar-refractivity contribution in [1.82, 2.24) is 9.55 Å². The van der Waals surface area contributed by atoms with Gasteiger partial charge in [0.2, 0.25) is 0 Å². The van der Waals surface area contributed by atoms with E-state index in [1.54, 1.807) is 42.9 Å². The summed E-state index contributed by atoms with van der Waals surface area (Å²) in [5.41, 5.74) is 1.85. The number of benzene rings is 2. The molecule has 0 saturated carbocycles. The van der Waals surface area contributed by atoms with Gasteiger partial charge in [0.25, 0.3) is 0 Å². The number of ether oxygens (including phenoxy) is 3. The number of halogens is 3. The lowest BCUT2D eigenvalue weighted by atomic mass is 10.0. The number of nitrogens with zero attached hydrogens (tertiary/aromatic N) is 2. The largest absolute Gasteiger partial charge is 0.374 e. The van der Waals surface area contributed by atoms with Crippen molar-refractivity contribution in [3.63, 3.8) is 0 Å². The van der Waals surface area contributed by atoms with Gasteiger partial charge < -0.3 is 18.8 Å². The second kappa shape index (κ2) is 10.1. The molecule has 0 radical (unpaired) electrons. The van der Waals surface area contributed by atoms with Gasteiger partial charge in [-0.3, -0.25) is 0 Å². The number of aromatic nitrogens is 2. The normalized spacial score (nSPS) is 20.9. The molecule has 0 N–H and O–H groups in total. The third kappa shape index (κ3) is 6.05. The summed E-state index contributed by atoms with van der Waals surface area (Å²) < 4.78 is 33.4. The highest BCUT2D eigenvalue weighted by molar-refractivity contribution is 6.33. The highest BCUT2D eigenvalue weighted by Crippen LogP contribution is 2.31. The van der Waals surface area contributed by atoms with Crippen LogP contribution in [0.1, 0.15) is 17.5 Å². The van der Waals surface area contributed by atoms with E-state index in [-0.39, 0.29) is 11.9 Å². The van der Waals surface area contributed by atoms with Crippen molar-refractivity contribution < 1.29 is 18.6 Å². The summed E-state index contributed by atoms with van der Waals surface area (Å²) in [6.07, 6.45) is 6.43. The minimum absolute atomic E-state index is 0.213. The number of hydrogen-bond donors (Lipinski definition) is 0. The third-order valence-electron chi connectivity index (χ3n) is 5.17. The van der Waals surface area contributed by atoms with Gasteiger partial charge in [-0.25, -0.2) is 9.37 Å². The summed E-state index contributed by atoms with van der Waals surface area (Å²) in [5.74, 6) is -1.06. The van der Waals surface area contributed by atoms with Gasteiger partial charge in [0, 0.05) is 28.9 Å². The van der Waals surface area contributed by atoms with Crippen molar-refractivity contribution in [2.75, 3.05) is 13.2 Å². The van der Waals surface area contributed by atoms with E-state index in [0.29, 0.717) is 49.3 Å². The Kier molecular flexibility index (Phi) is 7.25.